The summed E-state index contributed by atoms with van der Waals surface area (Å²) in [6.07, 6.45) is -5.45. The molecular formula is C12H21F3N2O2. The van der Waals surface area contributed by atoms with Crippen LogP contribution in [-0.2, 0) is 4.74 Å². The molecule has 0 aromatic heterocycles. The molecule has 1 unspecified atom stereocenters. The Kier molecular flexibility index (Phi) is 4.71. The van der Waals surface area contributed by atoms with Gasteiger partial charge in [-0.3, -0.25) is 0 Å². The van der Waals surface area contributed by atoms with Crippen LogP contribution in [0.1, 0.15) is 34.1 Å². The minimum Gasteiger partial charge on any atom is -0.444 e. The minimum absolute atomic E-state index is 0.0927. The number of carbonyl (C=O) groups is 1. The van der Waals surface area contributed by atoms with Crippen molar-refractivity contribution in [3.63, 3.8) is 0 Å². The molecule has 1 rings (SSSR count). The van der Waals surface area contributed by atoms with Crippen LogP contribution in [0.25, 0.3) is 0 Å². The Morgan fingerprint density at radius 2 is 1.89 bits per heavy atom. The molecule has 1 amide bonds. The van der Waals surface area contributed by atoms with E-state index in [0.29, 0.717) is 13.1 Å². The second-order valence-electron chi connectivity index (χ2n) is 5.97. The van der Waals surface area contributed by atoms with Crippen molar-refractivity contribution in [3.05, 3.63) is 0 Å². The largest absolute Gasteiger partial charge is 0.444 e. The Hall–Kier alpha value is -0.980. The van der Waals surface area contributed by atoms with Crippen molar-refractivity contribution in [2.75, 3.05) is 13.1 Å². The predicted octanol–water partition coefficient (Wildman–Crippen LogP) is 2.54. The van der Waals surface area contributed by atoms with Gasteiger partial charge in [0, 0.05) is 25.2 Å². The van der Waals surface area contributed by atoms with Crippen molar-refractivity contribution < 1.29 is 22.7 Å². The molecule has 0 aliphatic carbocycles. The summed E-state index contributed by atoms with van der Waals surface area (Å²) in [4.78, 5) is 13.1. The van der Waals surface area contributed by atoms with Gasteiger partial charge < -0.3 is 15.0 Å². The molecule has 0 radical (unpaired) electrons. The average molecular weight is 282 g/mol. The lowest BCUT2D eigenvalue weighted by molar-refractivity contribution is -0.140. The van der Waals surface area contributed by atoms with E-state index in [4.69, 9.17) is 4.74 Å². The van der Waals surface area contributed by atoms with Gasteiger partial charge in [0.05, 0.1) is 6.42 Å². The summed E-state index contributed by atoms with van der Waals surface area (Å²) in [5, 5.41) is 2.85. The summed E-state index contributed by atoms with van der Waals surface area (Å²) in [5.74, 6) is 0. The van der Waals surface area contributed by atoms with Gasteiger partial charge in [0.25, 0.3) is 0 Å². The fourth-order valence-corrected chi connectivity index (χ4v) is 1.87. The molecule has 112 valence electrons. The average Bonchev–Trinajstić information content (AvgIpc) is 2.03. The number of nitrogens with one attached hydrogen (secondary N) is 1. The van der Waals surface area contributed by atoms with E-state index in [9.17, 15) is 18.0 Å². The fraction of sp³-hybridized carbons (Fsp3) is 0.917. The zero-order valence-corrected chi connectivity index (χ0v) is 11.7. The first kappa shape index (κ1) is 16.1. The normalized spacial score (nSPS) is 19.0. The predicted molar refractivity (Wildman–Crippen MR) is 64.9 cm³/mol. The van der Waals surface area contributed by atoms with Gasteiger partial charge in [0.1, 0.15) is 5.60 Å². The van der Waals surface area contributed by atoms with Crippen molar-refractivity contribution in [2.45, 2.75) is 58.0 Å². The number of halogens is 3. The summed E-state index contributed by atoms with van der Waals surface area (Å²) in [6, 6.07) is -0.740. The maximum atomic E-state index is 12.1. The Morgan fingerprint density at radius 1 is 1.37 bits per heavy atom. The van der Waals surface area contributed by atoms with E-state index in [1.165, 1.54) is 11.8 Å². The van der Waals surface area contributed by atoms with Crippen LogP contribution in [0, 0.1) is 0 Å². The second kappa shape index (κ2) is 5.56. The lowest BCUT2D eigenvalue weighted by Gasteiger charge is -2.41. The van der Waals surface area contributed by atoms with Crippen LogP contribution < -0.4 is 5.32 Å². The van der Waals surface area contributed by atoms with E-state index in [1.807, 2.05) is 0 Å². The lowest BCUT2D eigenvalue weighted by Crippen LogP contribution is -2.62. The van der Waals surface area contributed by atoms with E-state index in [0.717, 1.165) is 0 Å². The molecule has 0 aromatic carbocycles. The standard InChI is InChI=1S/C12H21F3N2O2/c1-8(5-12(13,14)15)16-9-6-17(7-9)10(18)19-11(2,3)4/h8-9,16H,5-7H2,1-4H3. The van der Waals surface area contributed by atoms with Gasteiger partial charge in [-0.25, -0.2) is 4.79 Å². The van der Waals surface area contributed by atoms with Crippen LogP contribution in [0.15, 0.2) is 0 Å². The highest BCUT2D eigenvalue weighted by atomic mass is 19.4. The zero-order valence-electron chi connectivity index (χ0n) is 11.7. The van der Waals surface area contributed by atoms with Crippen molar-refractivity contribution >= 4 is 6.09 Å². The SMILES string of the molecule is CC(CC(F)(F)F)NC1CN(C(=O)OC(C)(C)C)C1. The number of hydrogen-bond donors (Lipinski definition) is 1. The minimum atomic E-state index is -4.17. The molecule has 0 spiro atoms. The molecule has 0 saturated carbocycles. The number of nitrogens with zero attached hydrogens (tertiary/aromatic N) is 1. The van der Waals surface area contributed by atoms with E-state index in [2.05, 4.69) is 5.32 Å². The number of alkyl halides is 3. The first-order chi connectivity index (χ1) is 8.46. The molecule has 1 heterocycles. The Labute approximate surface area is 111 Å². The molecule has 1 saturated heterocycles. The first-order valence-electron chi connectivity index (χ1n) is 6.27. The maximum Gasteiger partial charge on any atom is 0.410 e. The third kappa shape index (κ3) is 6.13. The monoisotopic (exact) mass is 282 g/mol. The van der Waals surface area contributed by atoms with Gasteiger partial charge in [-0.15, -0.1) is 0 Å². The van der Waals surface area contributed by atoms with Gasteiger partial charge in [-0.2, -0.15) is 13.2 Å². The van der Waals surface area contributed by atoms with Crippen LogP contribution in [0.4, 0.5) is 18.0 Å². The lowest BCUT2D eigenvalue weighted by atomic mass is 10.1. The highest BCUT2D eigenvalue weighted by Gasteiger charge is 2.36. The van der Waals surface area contributed by atoms with Crippen LogP contribution in [0.3, 0.4) is 0 Å². The molecule has 1 aliphatic heterocycles. The number of hydrogen-bond acceptors (Lipinski definition) is 3. The smallest absolute Gasteiger partial charge is 0.410 e. The van der Waals surface area contributed by atoms with Gasteiger partial charge >= 0.3 is 12.3 Å². The van der Waals surface area contributed by atoms with Gasteiger partial charge in [0.15, 0.2) is 0 Å². The van der Waals surface area contributed by atoms with Gasteiger partial charge in [0.2, 0.25) is 0 Å². The molecule has 0 bridgehead atoms. The van der Waals surface area contributed by atoms with Crippen molar-refractivity contribution in [3.8, 4) is 0 Å². The number of rotatable bonds is 3. The maximum absolute atomic E-state index is 12.1. The molecule has 1 fully saturated rings. The summed E-state index contributed by atoms with van der Waals surface area (Å²) in [5.41, 5.74) is -0.556. The first-order valence-corrected chi connectivity index (χ1v) is 6.27. The van der Waals surface area contributed by atoms with Crippen LogP contribution in [0.2, 0.25) is 0 Å². The number of carbonyl (C=O) groups excluding carboxylic acids is 1. The zero-order chi connectivity index (χ0) is 14.8. The molecule has 19 heavy (non-hydrogen) atoms. The van der Waals surface area contributed by atoms with Crippen LogP contribution >= 0.6 is 0 Å². The van der Waals surface area contributed by atoms with Crippen LogP contribution in [-0.4, -0.2) is 47.9 Å². The molecule has 1 aliphatic rings. The van der Waals surface area contributed by atoms with Crippen molar-refractivity contribution in [2.24, 2.45) is 0 Å². The van der Waals surface area contributed by atoms with Gasteiger partial charge in [-0.05, 0) is 27.7 Å². The molecule has 4 nitrogen and oxygen atoms in total. The van der Waals surface area contributed by atoms with Crippen LogP contribution in [0.5, 0.6) is 0 Å². The van der Waals surface area contributed by atoms with Crippen molar-refractivity contribution in [1.82, 2.24) is 10.2 Å². The topological polar surface area (TPSA) is 41.6 Å². The fourth-order valence-electron chi connectivity index (χ4n) is 1.87. The number of ether oxygens (including phenoxy) is 1. The third-order valence-corrected chi connectivity index (χ3v) is 2.59. The van der Waals surface area contributed by atoms with E-state index < -0.39 is 30.3 Å². The number of likely N-dealkylation sites (tertiary alicyclic amines) is 1. The van der Waals surface area contributed by atoms with Gasteiger partial charge in [-0.1, -0.05) is 0 Å². The molecule has 0 aromatic rings. The second-order valence-corrected chi connectivity index (χ2v) is 5.97. The Bertz CT molecular complexity index is 320. The third-order valence-electron chi connectivity index (χ3n) is 2.59. The quantitative estimate of drug-likeness (QED) is 0.865. The molecule has 1 N–H and O–H groups in total. The summed E-state index contributed by atoms with van der Waals surface area (Å²) in [7, 11) is 0. The van der Waals surface area contributed by atoms with E-state index in [-0.39, 0.29) is 6.04 Å². The Morgan fingerprint density at radius 3 is 2.32 bits per heavy atom. The summed E-state index contributed by atoms with van der Waals surface area (Å²) < 4.78 is 41.6. The molecule has 1 atom stereocenters. The summed E-state index contributed by atoms with van der Waals surface area (Å²) >= 11 is 0. The van der Waals surface area contributed by atoms with E-state index in [1.54, 1.807) is 20.8 Å². The highest BCUT2D eigenvalue weighted by Crippen LogP contribution is 2.22. The van der Waals surface area contributed by atoms with E-state index >= 15 is 0 Å². The number of amides is 1. The highest BCUT2D eigenvalue weighted by molar-refractivity contribution is 5.69. The molecule has 7 heteroatoms. The molecular weight excluding hydrogens is 261 g/mol. The summed E-state index contributed by atoms with van der Waals surface area (Å²) in [6.45, 7) is 7.57. The van der Waals surface area contributed by atoms with Crippen molar-refractivity contribution in [1.29, 1.82) is 0 Å². The Balaban J connectivity index is 2.25.